The van der Waals surface area contributed by atoms with E-state index in [4.69, 9.17) is 4.42 Å². The van der Waals surface area contributed by atoms with Gasteiger partial charge in [-0.1, -0.05) is 29.0 Å². The van der Waals surface area contributed by atoms with Gasteiger partial charge in [-0.3, -0.25) is 19.3 Å². The lowest BCUT2D eigenvalue weighted by atomic mass is 9.69. The molecule has 7 atom stereocenters. The standard InChI is InChI=1S/C24H20N2O4S2/c1-10-4-6-11(7-5-10)26-22(27)16-12-9-13(17(16)23(26)28)19-15(12)18(14-3-2-8-30-14)20-21(31-19)25-24(29)32-20/h2-8,12-13,15-19H,9H2,1H3,(H,25,29)/t12-,13-,15+,16+,17-,18-,19-/m1/s1. The molecule has 0 radical (unpaired) electrons. The average molecular weight is 465 g/mol. The van der Waals surface area contributed by atoms with Gasteiger partial charge in [-0.2, -0.15) is 0 Å². The number of rotatable bonds is 2. The van der Waals surface area contributed by atoms with Gasteiger partial charge < -0.3 is 9.40 Å². The molecule has 2 amide bonds. The number of thioether (sulfide) groups is 1. The summed E-state index contributed by atoms with van der Waals surface area (Å²) in [6.45, 7) is 1.99. The van der Waals surface area contributed by atoms with Crippen molar-refractivity contribution in [1.29, 1.82) is 0 Å². The summed E-state index contributed by atoms with van der Waals surface area (Å²) in [6, 6.07) is 11.5. The lowest BCUT2D eigenvalue weighted by molar-refractivity contribution is -0.123. The Bertz CT molecular complexity index is 1310. The van der Waals surface area contributed by atoms with Crippen LogP contribution in [0.2, 0.25) is 0 Å². The monoisotopic (exact) mass is 464 g/mol. The highest BCUT2D eigenvalue weighted by Gasteiger charge is 2.70. The van der Waals surface area contributed by atoms with E-state index in [2.05, 4.69) is 4.98 Å². The fourth-order valence-corrected chi connectivity index (χ4v) is 9.62. The zero-order valence-electron chi connectivity index (χ0n) is 17.2. The van der Waals surface area contributed by atoms with Crippen LogP contribution in [-0.4, -0.2) is 22.0 Å². The first-order valence-corrected chi connectivity index (χ1v) is 12.6. The molecule has 0 unspecified atom stereocenters. The van der Waals surface area contributed by atoms with Crippen LogP contribution in [0.15, 0.2) is 56.9 Å². The quantitative estimate of drug-likeness (QED) is 0.580. The van der Waals surface area contributed by atoms with Gasteiger partial charge >= 0.3 is 4.87 Å². The predicted molar refractivity (Wildman–Crippen MR) is 121 cm³/mol. The van der Waals surface area contributed by atoms with Crippen LogP contribution < -0.4 is 9.77 Å². The molecule has 3 aromatic rings. The number of anilines is 1. The van der Waals surface area contributed by atoms with Gasteiger partial charge in [0, 0.05) is 5.25 Å². The molecule has 1 N–H and O–H groups in total. The van der Waals surface area contributed by atoms with Crippen LogP contribution in [0.5, 0.6) is 0 Å². The number of thiazole rings is 1. The Morgan fingerprint density at radius 2 is 1.78 bits per heavy atom. The van der Waals surface area contributed by atoms with Crippen LogP contribution in [0.1, 0.15) is 28.5 Å². The molecule has 3 fully saturated rings. The second-order valence-electron chi connectivity index (χ2n) is 9.32. The Kier molecular flexibility index (Phi) is 3.84. The van der Waals surface area contributed by atoms with Crippen LogP contribution in [0.25, 0.3) is 0 Å². The molecule has 8 heteroatoms. The van der Waals surface area contributed by atoms with Crippen molar-refractivity contribution in [2.24, 2.45) is 29.6 Å². The second-order valence-corrected chi connectivity index (χ2v) is 11.5. The fourth-order valence-electron chi connectivity index (χ4n) is 6.75. The molecule has 0 spiro atoms. The Morgan fingerprint density at radius 1 is 1.03 bits per heavy atom. The molecule has 32 heavy (non-hydrogen) atoms. The zero-order chi connectivity index (χ0) is 21.7. The van der Waals surface area contributed by atoms with Crippen LogP contribution in [-0.2, 0) is 9.59 Å². The van der Waals surface area contributed by atoms with Crippen molar-refractivity contribution in [1.82, 2.24) is 4.98 Å². The minimum atomic E-state index is -0.287. The Hall–Kier alpha value is -2.58. The van der Waals surface area contributed by atoms with Crippen LogP contribution in [0.3, 0.4) is 0 Å². The summed E-state index contributed by atoms with van der Waals surface area (Å²) in [6.07, 6.45) is 2.55. The van der Waals surface area contributed by atoms with Gasteiger partial charge in [-0.05, 0) is 55.4 Å². The highest BCUT2D eigenvalue weighted by Crippen LogP contribution is 2.68. The van der Waals surface area contributed by atoms with E-state index in [0.29, 0.717) is 5.69 Å². The number of aromatic nitrogens is 1. The van der Waals surface area contributed by atoms with E-state index in [1.165, 1.54) is 16.2 Å². The van der Waals surface area contributed by atoms with Crippen molar-refractivity contribution in [3.8, 4) is 0 Å². The number of aryl methyl sites for hydroxylation is 1. The number of nitrogens with one attached hydrogen (secondary N) is 1. The molecule has 1 saturated heterocycles. The van der Waals surface area contributed by atoms with Crippen molar-refractivity contribution in [2.75, 3.05) is 4.90 Å². The molecule has 2 saturated carbocycles. The van der Waals surface area contributed by atoms with Gasteiger partial charge in [0.1, 0.15) is 5.76 Å². The van der Waals surface area contributed by atoms with E-state index < -0.39 is 0 Å². The van der Waals surface area contributed by atoms with Gasteiger partial charge in [-0.15, -0.1) is 11.8 Å². The summed E-state index contributed by atoms with van der Waals surface area (Å²) in [5.74, 6) is 0.509. The van der Waals surface area contributed by atoms with Crippen molar-refractivity contribution < 1.29 is 14.0 Å². The summed E-state index contributed by atoms with van der Waals surface area (Å²) >= 11 is 2.94. The second kappa shape index (κ2) is 6.48. The number of amides is 2. The third kappa shape index (κ3) is 2.34. The Balaban J connectivity index is 1.32. The first-order valence-electron chi connectivity index (χ1n) is 10.9. The minimum Gasteiger partial charge on any atom is -0.469 e. The van der Waals surface area contributed by atoms with Gasteiger partial charge in [0.25, 0.3) is 0 Å². The smallest absolute Gasteiger partial charge is 0.305 e. The van der Waals surface area contributed by atoms with Crippen molar-refractivity contribution >= 4 is 40.6 Å². The molecule has 162 valence electrons. The molecule has 2 aromatic heterocycles. The van der Waals surface area contributed by atoms with Gasteiger partial charge in [-0.25, -0.2) is 0 Å². The summed E-state index contributed by atoms with van der Waals surface area (Å²) < 4.78 is 5.84. The number of fused-ring (bicyclic) bond motifs is 9. The van der Waals surface area contributed by atoms with E-state index >= 15 is 0 Å². The number of hydrogen-bond acceptors (Lipinski definition) is 6. The number of carbonyl (C=O) groups is 2. The molecular weight excluding hydrogens is 444 g/mol. The Labute approximate surface area is 192 Å². The summed E-state index contributed by atoms with van der Waals surface area (Å²) in [7, 11) is 0. The van der Waals surface area contributed by atoms with Gasteiger partial charge in [0.05, 0.1) is 39.6 Å². The highest BCUT2D eigenvalue weighted by atomic mass is 32.2. The first-order chi connectivity index (χ1) is 15.5. The normalized spacial score (nSPS) is 34.7. The highest BCUT2D eigenvalue weighted by molar-refractivity contribution is 8.00. The number of imide groups is 1. The van der Waals surface area contributed by atoms with Gasteiger partial charge in [0.15, 0.2) is 0 Å². The van der Waals surface area contributed by atoms with E-state index in [1.807, 2.05) is 43.3 Å². The van der Waals surface area contributed by atoms with E-state index in [9.17, 15) is 14.4 Å². The molecule has 1 aromatic carbocycles. The maximum Gasteiger partial charge on any atom is 0.305 e. The van der Waals surface area contributed by atoms with Crippen molar-refractivity contribution in [3.05, 3.63) is 68.5 Å². The number of hydrogen-bond donors (Lipinski definition) is 1. The lowest BCUT2D eigenvalue weighted by Crippen LogP contribution is -2.42. The number of carbonyl (C=O) groups excluding carboxylic acids is 2. The maximum absolute atomic E-state index is 13.6. The minimum absolute atomic E-state index is 0.0533. The molecule has 7 rings (SSSR count). The summed E-state index contributed by atoms with van der Waals surface area (Å²) in [5.41, 5.74) is 1.76. The largest absolute Gasteiger partial charge is 0.469 e. The Morgan fingerprint density at radius 3 is 2.50 bits per heavy atom. The zero-order valence-corrected chi connectivity index (χ0v) is 18.8. The number of aromatic amines is 1. The van der Waals surface area contributed by atoms with Crippen molar-refractivity contribution in [2.45, 2.75) is 29.5 Å². The van der Waals surface area contributed by atoms with E-state index in [0.717, 1.165) is 27.6 Å². The lowest BCUT2D eigenvalue weighted by Gasteiger charge is -2.42. The average Bonchev–Trinajstić information content (AvgIpc) is 3.57. The molecule has 2 bridgehead atoms. The third-order valence-corrected chi connectivity index (χ3v) is 10.5. The number of furan rings is 1. The first kappa shape index (κ1) is 18.9. The fraction of sp³-hybridized carbons (Fsp3) is 0.375. The van der Waals surface area contributed by atoms with Crippen molar-refractivity contribution in [3.63, 3.8) is 0 Å². The van der Waals surface area contributed by atoms with Gasteiger partial charge in [0.2, 0.25) is 11.8 Å². The van der Waals surface area contributed by atoms with Crippen LogP contribution in [0.4, 0.5) is 5.69 Å². The number of benzene rings is 1. The molecule has 6 nitrogen and oxygen atoms in total. The predicted octanol–water partition coefficient (Wildman–Crippen LogP) is 4.02. The maximum atomic E-state index is 13.6. The van der Waals surface area contributed by atoms with Crippen LogP contribution in [0, 0.1) is 36.5 Å². The molecule has 4 heterocycles. The molecule has 2 aliphatic heterocycles. The van der Waals surface area contributed by atoms with E-state index in [-0.39, 0.29) is 57.4 Å². The van der Waals surface area contributed by atoms with E-state index in [1.54, 1.807) is 18.0 Å². The molecule has 4 aliphatic rings. The summed E-state index contributed by atoms with van der Waals surface area (Å²) in [5, 5.41) is 1.09. The third-order valence-electron chi connectivity index (χ3n) is 7.87. The number of H-pyrrole nitrogens is 1. The molecular formula is C24H20N2O4S2. The van der Waals surface area contributed by atoms with Crippen LogP contribution >= 0.6 is 23.1 Å². The topological polar surface area (TPSA) is 83.4 Å². The summed E-state index contributed by atoms with van der Waals surface area (Å²) in [4.78, 5) is 44.7. The molecule has 2 aliphatic carbocycles. The SMILES string of the molecule is Cc1ccc(N2C(=O)[C@@H]3[C@H]4C[C@@H]([C@@H]3C2=O)[C@H]2[C@@H](c3ccco3)c3sc(=O)[nH]c3S[C@H]42)cc1. The number of nitrogens with zero attached hydrogens (tertiary/aromatic N) is 1.